The molecule has 0 aromatic heterocycles. The lowest BCUT2D eigenvalue weighted by Crippen LogP contribution is -2.37. The number of ketones is 1. The van der Waals surface area contributed by atoms with Crippen LogP contribution >= 0.6 is 11.6 Å². The van der Waals surface area contributed by atoms with E-state index in [1.807, 2.05) is 19.1 Å². The molecule has 0 radical (unpaired) electrons. The predicted octanol–water partition coefficient (Wildman–Crippen LogP) is 4.69. The Labute approximate surface area is 225 Å². The number of carbonyl (C=O) groups excluding carboxylic acids is 3. The Hall–Kier alpha value is -3.08. The molecule has 37 heavy (non-hydrogen) atoms. The number of benzene rings is 2. The summed E-state index contributed by atoms with van der Waals surface area (Å²) < 4.78 is 22.8. The molecular formula is C26H32ClN4O5S-. The largest absolute Gasteiger partial charge is 0.755 e. The van der Waals surface area contributed by atoms with E-state index in [4.69, 9.17) is 11.6 Å². The number of amides is 2. The van der Waals surface area contributed by atoms with Gasteiger partial charge < -0.3 is 14.8 Å². The third-order valence-electron chi connectivity index (χ3n) is 5.62. The number of aliphatic imine (C=N–C) groups is 1. The summed E-state index contributed by atoms with van der Waals surface area (Å²) in [6.07, 6.45) is 0. The Morgan fingerprint density at radius 2 is 1.70 bits per heavy atom. The van der Waals surface area contributed by atoms with Crippen LogP contribution in [-0.2, 0) is 20.9 Å². The Bertz CT molecular complexity index is 1250. The summed E-state index contributed by atoms with van der Waals surface area (Å²) >= 11 is 3.46. The van der Waals surface area contributed by atoms with Crippen LogP contribution in [-0.4, -0.2) is 56.5 Å². The van der Waals surface area contributed by atoms with Gasteiger partial charge in [0.15, 0.2) is 11.5 Å². The number of carbonyl (C=O) groups is 3. The van der Waals surface area contributed by atoms with E-state index < -0.39 is 34.3 Å². The van der Waals surface area contributed by atoms with Crippen LogP contribution in [0.15, 0.2) is 41.4 Å². The number of halogens is 1. The zero-order valence-electron chi connectivity index (χ0n) is 22.0. The van der Waals surface area contributed by atoms with Crippen molar-refractivity contribution in [2.24, 2.45) is 10.4 Å². The van der Waals surface area contributed by atoms with Crippen molar-refractivity contribution in [2.45, 2.75) is 41.5 Å². The van der Waals surface area contributed by atoms with Crippen molar-refractivity contribution in [2.75, 3.05) is 30.4 Å². The minimum atomic E-state index is -2.77. The molecule has 0 fully saturated rings. The second-order valence-electron chi connectivity index (χ2n) is 9.35. The smallest absolute Gasteiger partial charge is 0.278 e. The molecule has 1 atom stereocenters. The van der Waals surface area contributed by atoms with Crippen LogP contribution in [0.3, 0.4) is 0 Å². The molecule has 0 saturated heterocycles. The number of anilines is 2. The number of rotatable bonds is 9. The van der Waals surface area contributed by atoms with E-state index in [2.05, 4.69) is 29.1 Å². The van der Waals surface area contributed by atoms with Gasteiger partial charge in [0, 0.05) is 48.1 Å². The van der Waals surface area contributed by atoms with Crippen LogP contribution in [0.5, 0.6) is 0 Å². The van der Waals surface area contributed by atoms with Crippen molar-refractivity contribution in [1.82, 2.24) is 4.31 Å². The summed E-state index contributed by atoms with van der Waals surface area (Å²) in [6.45, 7) is 12.7. The topological polar surface area (TPSA) is 122 Å². The molecule has 0 aliphatic rings. The van der Waals surface area contributed by atoms with Gasteiger partial charge in [0.1, 0.15) is 0 Å². The van der Waals surface area contributed by atoms with Gasteiger partial charge in [-0.1, -0.05) is 32.4 Å². The number of nitrogens with one attached hydrogen (secondary N) is 1. The average molecular weight is 548 g/mol. The van der Waals surface area contributed by atoms with Crippen molar-refractivity contribution < 1.29 is 23.1 Å². The maximum atomic E-state index is 13.3. The van der Waals surface area contributed by atoms with Crippen LogP contribution in [0.2, 0.25) is 5.02 Å². The molecule has 0 aliphatic carbocycles. The molecule has 0 aliphatic heterocycles. The average Bonchev–Trinajstić information content (AvgIpc) is 2.83. The van der Waals surface area contributed by atoms with E-state index in [9.17, 15) is 23.1 Å². The highest BCUT2D eigenvalue weighted by Gasteiger charge is 2.31. The lowest BCUT2D eigenvalue weighted by molar-refractivity contribution is -0.121. The summed E-state index contributed by atoms with van der Waals surface area (Å²) in [4.78, 5) is 45.6. The fraction of sp³-hybridized carbons (Fsp3) is 0.385. The third kappa shape index (κ3) is 7.47. The lowest BCUT2D eigenvalue weighted by atomic mass is 9.87. The van der Waals surface area contributed by atoms with Gasteiger partial charge in [-0.15, -0.1) is 0 Å². The Kier molecular flexibility index (Phi) is 10.1. The van der Waals surface area contributed by atoms with E-state index in [1.54, 1.807) is 26.8 Å². The first kappa shape index (κ1) is 30.1. The van der Waals surface area contributed by atoms with Gasteiger partial charge in [0.2, 0.25) is 0 Å². The van der Waals surface area contributed by atoms with Crippen molar-refractivity contribution in [3.05, 3.63) is 52.5 Å². The van der Waals surface area contributed by atoms with Gasteiger partial charge in [-0.25, -0.2) is 4.99 Å². The molecule has 2 aromatic carbocycles. The molecule has 0 bridgehead atoms. The van der Waals surface area contributed by atoms with Gasteiger partial charge in [0.05, 0.1) is 16.4 Å². The Morgan fingerprint density at radius 3 is 2.22 bits per heavy atom. The summed E-state index contributed by atoms with van der Waals surface area (Å²) in [5.74, 6) is -2.11. The predicted molar refractivity (Wildman–Crippen MR) is 147 cm³/mol. The summed E-state index contributed by atoms with van der Waals surface area (Å²) in [7, 11) is 1.10. The molecule has 1 N–H and O–H groups in total. The Balaban J connectivity index is 2.51. The van der Waals surface area contributed by atoms with Gasteiger partial charge in [0.25, 0.3) is 11.8 Å². The van der Waals surface area contributed by atoms with Crippen LogP contribution in [0.4, 0.5) is 17.1 Å². The highest BCUT2D eigenvalue weighted by atomic mass is 35.5. The van der Waals surface area contributed by atoms with Gasteiger partial charge >= 0.3 is 0 Å². The first-order valence-corrected chi connectivity index (χ1v) is 13.1. The molecule has 2 rings (SSSR count). The second kappa shape index (κ2) is 12.4. The van der Waals surface area contributed by atoms with Crippen molar-refractivity contribution >= 4 is 63.2 Å². The van der Waals surface area contributed by atoms with E-state index in [0.717, 1.165) is 31.4 Å². The lowest BCUT2D eigenvalue weighted by Gasteiger charge is -2.22. The second-order valence-corrected chi connectivity index (χ2v) is 10.7. The molecule has 9 nitrogen and oxygen atoms in total. The fourth-order valence-corrected chi connectivity index (χ4v) is 3.82. The van der Waals surface area contributed by atoms with E-state index in [0.29, 0.717) is 9.99 Å². The highest BCUT2D eigenvalue weighted by Crippen LogP contribution is 2.28. The van der Waals surface area contributed by atoms with Crippen molar-refractivity contribution in [3.63, 3.8) is 0 Å². The van der Waals surface area contributed by atoms with Crippen LogP contribution in [0.25, 0.3) is 0 Å². The van der Waals surface area contributed by atoms with Crippen LogP contribution in [0.1, 0.15) is 50.5 Å². The minimum Gasteiger partial charge on any atom is -0.755 e. The molecule has 2 aromatic rings. The fourth-order valence-electron chi connectivity index (χ4n) is 3.42. The van der Waals surface area contributed by atoms with Crippen molar-refractivity contribution in [3.8, 4) is 0 Å². The molecule has 0 spiro atoms. The van der Waals surface area contributed by atoms with E-state index in [1.165, 1.54) is 18.2 Å². The maximum Gasteiger partial charge on any atom is 0.278 e. The Morgan fingerprint density at radius 1 is 1.08 bits per heavy atom. The molecule has 0 heterocycles. The monoisotopic (exact) mass is 547 g/mol. The van der Waals surface area contributed by atoms with Gasteiger partial charge in [-0.3, -0.25) is 22.9 Å². The van der Waals surface area contributed by atoms with Crippen LogP contribution in [0, 0.1) is 12.3 Å². The standard InChI is InChI=1S/C26H33ClN4O5S/c1-8-31(9-2)18-11-13-20(16(3)14-18)28-22(23(32)26(4,5)6)24(33)29-21-15-17(10-12-19(21)27)25(34)30(7)37(35)36/h10-15H,8-9H2,1-7H3,(H,29,33)(H,35,36)/p-1. The summed E-state index contributed by atoms with van der Waals surface area (Å²) in [6, 6.07) is 9.53. The van der Waals surface area contributed by atoms with E-state index >= 15 is 0 Å². The number of hydrogen-bond acceptors (Lipinski definition) is 7. The number of hydrogen-bond donors (Lipinski definition) is 1. The maximum absolute atomic E-state index is 13.3. The zero-order chi connectivity index (χ0) is 28.1. The van der Waals surface area contributed by atoms with Crippen LogP contribution < -0.4 is 10.2 Å². The highest BCUT2D eigenvalue weighted by molar-refractivity contribution is 7.77. The molecule has 11 heteroatoms. The normalized spacial score (nSPS) is 12.6. The number of nitrogens with zero attached hydrogens (tertiary/aromatic N) is 3. The van der Waals surface area contributed by atoms with Gasteiger partial charge in [-0.2, -0.15) is 0 Å². The zero-order valence-corrected chi connectivity index (χ0v) is 23.6. The first-order chi connectivity index (χ1) is 17.2. The quantitative estimate of drug-likeness (QED) is 0.276. The first-order valence-electron chi connectivity index (χ1n) is 11.7. The molecule has 2 amide bonds. The molecule has 200 valence electrons. The SMILES string of the molecule is CCN(CC)c1ccc(N=C(C(=O)Nc2cc(C(=O)N(C)S(=O)[O-])ccc2Cl)C(=O)C(C)(C)C)c(C)c1. The summed E-state index contributed by atoms with van der Waals surface area (Å²) in [5, 5.41) is 2.65. The number of aryl methyl sites for hydroxylation is 1. The molecule has 0 saturated carbocycles. The molecular weight excluding hydrogens is 516 g/mol. The van der Waals surface area contributed by atoms with E-state index in [-0.39, 0.29) is 22.0 Å². The summed E-state index contributed by atoms with van der Waals surface area (Å²) in [5.41, 5.74) is 1.04. The minimum absolute atomic E-state index is 0.0186. The molecule has 1 unspecified atom stereocenters. The van der Waals surface area contributed by atoms with Crippen molar-refractivity contribution in [1.29, 1.82) is 0 Å². The number of Topliss-reactive ketones (excluding diaryl/α,β-unsaturated/α-hetero) is 1. The third-order valence-corrected chi connectivity index (χ3v) is 6.57. The van der Waals surface area contributed by atoms with Gasteiger partial charge in [-0.05, 0) is 62.7 Å².